The van der Waals surface area contributed by atoms with E-state index in [0.29, 0.717) is 0 Å². The van der Waals surface area contributed by atoms with E-state index in [1.165, 1.54) is 18.9 Å². The van der Waals surface area contributed by atoms with Crippen LogP contribution in [0.2, 0.25) is 0 Å². The summed E-state index contributed by atoms with van der Waals surface area (Å²) in [6.07, 6.45) is 2.45. The van der Waals surface area contributed by atoms with E-state index in [4.69, 9.17) is 0 Å². The Morgan fingerprint density at radius 2 is 2.00 bits per heavy atom. The lowest BCUT2D eigenvalue weighted by molar-refractivity contribution is 0.438. The van der Waals surface area contributed by atoms with Gasteiger partial charge in [-0.2, -0.15) is 0 Å². The topological polar surface area (TPSA) is 15.3 Å². The van der Waals surface area contributed by atoms with Gasteiger partial charge in [0.25, 0.3) is 0 Å². The van der Waals surface area contributed by atoms with E-state index in [0.717, 1.165) is 30.4 Å². The molecule has 1 aromatic rings. The first-order valence-corrected chi connectivity index (χ1v) is 5.93. The van der Waals surface area contributed by atoms with Gasteiger partial charge in [0.2, 0.25) is 0 Å². The predicted molar refractivity (Wildman–Crippen MR) is 66.6 cm³/mol. The summed E-state index contributed by atoms with van der Waals surface area (Å²) in [6.45, 7) is 4.43. The summed E-state index contributed by atoms with van der Waals surface area (Å²) in [5, 5.41) is 3.06. The maximum absolute atomic E-state index is 13.1. The Balaban J connectivity index is 2.19. The van der Waals surface area contributed by atoms with Gasteiger partial charge in [-0.3, -0.25) is 0 Å². The summed E-state index contributed by atoms with van der Waals surface area (Å²) in [6, 6.07) is 4.97. The minimum Gasteiger partial charge on any atom is -0.386 e. The fourth-order valence-electron chi connectivity index (χ4n) is 2.23. The van der Waals surface area contributed by atoms with Crippen molar-refractivity contribution in [2.24, 2.45) is 5.92 Å². The summed E-state index contributed by atoms with van der Waals surface area (Å²) in [5.41, 5.74) is 2.00. The molecule has 1 heterocycles. The largest absolute Gasteiger partial charge is 0.386 e. The van der Waals surface area contributed by atoms with Crippen LogP contribution >= 0.6 is 0 Å². The number of piperidine rings is 1. The fraction of sp³-hybridized carbons (Fsp3) is 0.538. The second-order valence-corrected chi connectivity index (χ2v) is 4.58. The zero-order valence-electron chi connectivity index (χ0n) is 9.96. The predicted octanol–water partition coefficient (Wildman–Crippen LogP) is 3.10. The van der Waals surface area contributed by atoms with Gasteiger partial charge in [-0.15, -0.1) is 0 Å². The highest BCUT2D eigenvalue weighted by Gasteiger charge is 2.18. The highest BCUT2D eigenvalue weighted by atomic mass is 19.1. The lowest BCUT2D eigenvalue weighted by atomic mass is 9.98. The van der Waals surface area contributed by atoms with Gasteiger partial charge in [0, 0.05) is 20.1 Å². The molecular weight excluding hydrogens is 203 g/mol. The molecule has 0 unspecified atom stereocenters. The van der Waals surface area contributed by atoms with Crippen LogP contribution in [0, 0.1) is 11.7 Å². The van der Waals surface area contributed by atoms with Gasteiger partial charge in [0.15, 0.2) is 0 Å². The maximum atomic E-state index is 13.1. The van der Waals surface area contributed by atoms with Crippen LogP contribution in [0.1, 0.15) is 19.8 Å². The number of benzene rings is 1. The first-order chi connectivity index (χ1) is 7.70. The van der Waals surface area contributed by atoms with Crippen LogP contribution in [0.5, 0.6) is 0 Å². The van der Waals surface area contributed by atoms with Crippen LogP contribution in [-0.2, 0) is 0 Å². The number of nitrogens with zero attached hydrogens (tertiary/aromatic N) is 1. The lowest BCUT2D eigenvalue weighted by Gasteiger charge is -2.33. The fourth-order valence-corrected chi connectivity index (χ4v) is 2.23. The van der Waals surface area contributed by atoms with E-state index >= 15 is 0 Å². The Kier molecular flexibility index (Phi) is 3.32. The minimum absolute atomic E-state index is 0.182. The quantitative estimate of drug-likeness (QED) is 0.827. The first kappa shape index (κ1) is 11.2. The summed E-state index contributed by atoms with van der Waals surface area (Å²) >= 11 is 0. The zero-order chi connectivity index (χ0) is 11.5. The monoisotopic (exact) mass is 222 g/mol. The SMILES string of the molecule is CNc1cc(F)ccc1N1CCC(C)CC1. The minimum atomic E-state index is -0.182. The van der Waals surface area contributed by atoms with E-state index in [2.05, 4.69) is 17.1 Å². The molecular formula is C13H19FN2. The molecule has 1 N–H and O–H groups in total. The Hall–Kier alpha value is -1.25. The molecule has 1 aliphatic rings. The van der Waals surface area contributed by atoms with E-state index < -0.39 is 0 Å². The molecule has 0 aliphatic carbocycles. The highest BCUT2D eigenvalue weighted by molar-refractivity contribution is 5.70. The van der Waals surface area contributed by atoms with E-state index in [9.17, 15) is 4.39 Å². The molecule has 0 spiro atoms. The number of halogens is 1. The molecule has 0 atom stereocenters. The summed E-state index contributed by atoms with van der Waals surface area (Å²) in [5.74, 6) is 0.633. The Morgan fingerprint density at radius 1 is 1.31 bits per heavy atom. The average Bonchev–Trinajstić information content (AvgIpc) is 2.30. The number of anilines is 2. The van der Waals surface area contributed by atoms with Gasteiger partial charge >= 0.3 is 0 Å². The Labute approximate surface area is 96.5 Å². The van der Waals surface area contributed by atoms with Crippen LogP contribution in [0.4, 0.5) is 15.8 Å². The van der Waals surface area contributed by atoms with Crippen LogP contribution in [0.3, 0.4) is 0 Å². The standard InChI is InChI=1S/C13H19FN2/c1-10-5-7-16(8-6-10)13-4-3-11(14)9-12(13)15-2/h3-4,9-10,15H,5-8H2,1-2H3. The molecule has 2 nitrogen and oxygen atoms in total. The molecule has 3 heteroatoms. The van der Waals surface area contributed by atoms with Crippen molar-refractivity contribution in [2.45, 2.75) is 19.8 Å². The molecule has 0 radical (unpaired) electrons. The third kappa shape index (κ3) is 2.29. The van der Waals surface area contributed by atoms with Gasteiger partial charge in [-0.25, -0.2) is 4.39 Å². The molecule has 16 heavy (non-hydrogen) atoms. The Bertz CT molecular complexity index is 357. The number of nitrogens with one attached hydrogen (secondary N) is 1. The third-order valence-corrected chi connectivity index (χ3v) is 3.35. The van der Waals surface area contributed by atoms with Crippen LogP contribution in [-0.4, -0.2) is 20.1 Å². The maximum Gasteiger partial charge on any atom is 0.125 e. The van der Waals surface area contributed by atoms with Crippen molar-refractivity contribution in [3.8, 4) is 0 Å². The van der Waals surface area contributed by atoms with Gasteiger partial charge < -0.3 is 10.2 Å². The normalized spacial score (nSPS) is 17.6. The molecule has 88 valence electrons. The summed E-state index contributed by atoms with van der Waals surface area (Å²) in [7, 11) is 1.84. The van der Waals surface area contributed by atoms with Gasteiger partial charge in [0.1, 0.15) is 5.82 Å². The van der Waals surface area contributed by atoms with Crippen molar-refractivity contribution in [3.63, 3.8) is 0 Å². The van der Waals surface area contributed by atoms with Crippen molar-refractivity contribution >= 4 is 11.4 Å². The zero-order valence-corrected chi connectivity index (χ0v) is 9.96. The number of hydrogen-bond donors (Lipinski definition) is 1. The van der Waals surface area contributed by atoms with E-state index in [1.807, 2.05) is 13.1 Å². The average molecular weight is 222 g/mol. The lowest BCUT2D eigenvalue weighted by Crippen LogP contribution is -2.33. The molecule has 0 saturated carbocycles. The summed E-state index contributed by atoms with van der Waals surface area (Å²) < 4.78 is 13.1. The molecule has 0 aromatic heterocycles. The smallest absolute Gasteiger partial charge is 0.125 e. The number of hydrogen-bond acceptors (Lipinski definition) is 2. The van der Waals surface area contributed by atoms with Crippen molar-refractivity contribution in [3.05, 3.63) is 24.0 Å². The van der Waals surface area contributed by atoms with Crippen LogP contribution < -0.4 is 10.2 Å². The molecule has 1 fully saturated rings. The molecule has 0 bridgehead atoms. The van der Waals surface area contributed by atoms with E-state index in [-0.39, 0.29) is 5.82 Å². The van der Waals surface area contributed by atoms with Gasteiger partial charge in [-0.1, -0.05) is 6.92 Å². The number of rotatable bonds is 2. The van der Waals surface area contributed by atoms with Gasteiger partial charge in [0.05, 0.1) is 11.4 Å². The van der Waals surface area contributed by atoms with Crippen LogP contribution in [0.25, 0.3) is 0 Å². The van der Waals surface area contributed by atoms with Gasteiger partial charge in [-0.05, 0) is 37.0 Å². The van der Waals surface area contributed by atoms with Crippen molar-refractivity contribution in [1.82, 2.24) is 0 Å². The second kappa shape index (κ2) is 4.73. The summed E-state index contributed by atoms with van der Waals surface area (Å²) in [4.78, 5) is 2.34. The molecule has 1 saturated heterocycles. The van der Waals surface area contributed by atoms with Crippen molar-refractivity contribution < 1.29 is 4.39 Å². The third-order valence-electron chi connectivity index (χ3n) is 3.35. The highest BCUT2D eigenvalue weighted by Crippen LogP contribution is 2.30. The molecule has 1 aliphatic heterocycles. The van der Waals surface area contributed by atoms with Crippen LogP contribution in [0.15, 0.2) is 18.2 Å². The molecule has 1 aromatic carbocycles. The first-order valence-electron chi connectivity index (χ1n) is 5.93. The van der Waals surface area contributed by atoms with Crippen molar-refractivity contribution in [2.75, 3.05) is 30.4 Å². The van der Waals surface area contributed by atoms with E-state index in [1.54, 1.807) is 6.07 Å². The Morgan fingerprint density at radius 3 is 2.62 bits per heavy atom. The second-order valence-electron chi connectivity index (χ2n) is 4.58. The molecule has 0 amide bonds. The van der Waals surface area contributed by atoms with Crippen molar-refractivity contribution in [1.29, 1.82) is 0 Å². The molecule has 2 rings (SSSR count).